The van der Waals surface area contributed by atoms with Crippen LogP contribution in [0.4, 0.5) is 0 Å². The van der Waals surface area contributed by atoms with Crippen LogP contribution in [-0.2, 0) is 10.0 Å². The molecule has 0 radical (unpaired) electrons. The van der Waals surface area contributed by atoms with E-state index in [9.17, 15) is 8.42 Å². The van der Waals surface area contributed by atoms with Crippen LogP contribution < -0.4 is 4.72 Å². The molecule has 0 aliphatic carbocycles. The van der Waals surface area contributed by atoms with Crippen LogP contribution in [0.1, 0.15) is 23.4 Å². The Labute approximate surface area is 132 Å². The first-order valence-electron chi connectivity index (χ1n) is 6.02. The van der Waals surface area contributed by atoms with Gasteiger partial charge in [-0.2, -0.15) is 5.26 Å². The maximum absolute atomic E-state index is 12.2. The van der Waals surface area contributed by atoms with Gasteiger partial charge in [-0.25, -0.2) is 18.1 Å². The summed E-state index contributed by atoms with van der Waals surface area (Å²) >= 11 is 7.40. The van der Waals surface area contributed by atoms with Crippen LogP contribution in [0, 0.1) is 11.3 Å². The maximum atomic E-state index is 12.2. The van der Waals surface area contributed by atoms with Gasteiger partial charge in [0, 0.05) is 24.0 Å². The molecule has 110 valence electrons. The highest BCUT2D eigenvalue weighted by molar-refractivity contribution is 7.89. The van der Waals surface area contributed by atoms with Crippen molar-refractivity contribution < 1.29 is 8.42 Å². The maximum Gasteiger partial charge on any atom is 0.242 e. The summed E-state index contributed by atoms with van der Waals surface area (Å²) in [5, 5.41) is 11.5. The summed E-state index contributed by atoms with van der Waals surface area (Å²) < 4.78 is 27.0. The van der Waals surface area contributed by atoms with Gasteiger partial charge < -0.3 is 0 Å². The Bertz CT molecular complexity index is 767. The second-order valence-corrected chi connectivity index (χ2v) is 7.45. The first-order chi connectivity index (χ1) is 9.94. The Kier molecular flexibility index (Phi) is 4.96. The molecule has 1 atom stereocenters. The molecular weight excluding hydrogens is 330 g/mol. The SMILES string of the molecule is CC(CNS(=O)(=O)c1ccc(C#N)cc1Cl)c1nccs1. The van der Waals surface area contributed by atoms with Crippen molar-refractivity contribution >= 4 is 33.0 Å². The van der Waals surface area contributed by atoms with Crippen LogP contribution in [0.15, 0.2) is 34.7 Å². The molecule has 1 aromatic heterocycles. The van der Waals surface area contributed by atoms with E-state index in [0.29, 0.717) is 5.56 Å². The first kappa shape index (κ1) is 15.9. The lowest BCUT2D eigenvalue weighted by atomic mass is 10.2. The number of sulfonamides is 1. The van der Waals surface area contributed by atoms with Crippen LogP contribution in [0.2, 0.25) is 5.02 Å². The van der Waals surface area contributed by atoms with E-state index in [1.807, 2.05) is 18.4 Å². The van der Waals surface area contributed by atoms with Crippen LogP contribution in [0.3, 0.4) is 0 Å². The summed E-state index contributed by atoms with van der Waals surface area (Å²) in [5.74, 6) is -0.0306. The van der Waals surface area contributed by atoms with E-state index in [4.69, 9.17) is 16.9 Å². The normalized spacial score (nSPS) is 12.8. The molecule has 1 N–H and O–H groups in total. The van der Waals surface area contributed by atoms with Gasteiger partial charge >= 0.3 is 0 Å². The van der Waals surface area contributed by atoms with E-state index in [1.165, 1.54) is 29.5 Å². The van der Waals surface area contributed by atoms with Crippen molar-refractivity contribution in [3.63, 3.8) is 0 Å². The molecule has 21 heavy (non-hydrogen) atoms. The number of rotatable bonds is 5. The predicted molar refractivity (Wildman–Crippen MR) is 81.9 cm³/mol. The third kappa shape index (κ3) is 3.80. The standard InChI is InChI=1S/C13H12ClN3O2S2/c1-9(13-16-4-5-20-13)8-17-21(18,19)12-3-2-10(7-15)6-11(12)14/h2-6,9,17H,8H2,1H3. The lowest BCUT2D eigenvalue weighted by Crippen LogP contribution is -2.28. The lowest BCUT2D eigenvalue weighted by Gasteiger charge is -2.11. The number of nitrogens with zero attached hydrogens (tertiary/aromatic N) is 2. The molecule has 1 aromatic carbocycles. The zero-order valence-electron chi connectivity index (χ0n) is 11.1. The lowest BCUT2D eigenvalue weighted by molar-refractivity contribution is 0.574. The number of hydrogen-bond acceptors (Lipinski definition) is 5. The molecule has 0 saturated carbocycles. The van der Waals surface area contributed by atoms with Gasteiger partial charge in [-0.1, -0.05) is 18.5 Å². The number of aromatic nitrogens is 1. The molecule has 5 nitrogen and oxygen atoms in total. The minimum atomic E-state index is -3.72. The van der Waals surface area contributed by atoms with Gasteiger partial charge in [-0.05, 0) is 18.2 Å². The van der Waals surface area contributed by atoms with Crippen molar-refractivity contribution in [1.82, 2.24) is 9.71 Å². The number of benzene rings is 1. The molecule has 0 saturated heterocycles. The quantitative estimate of drug-likeness (QED) is 0.906. The largest absolute Gasteiger partial charge is 0.249 e. The molecule has 0 fully saturated rings. The second-order valence-electron chi connectivity index (χ2n) is 4.38. The van der Waals surface area contributed by atoms with Crippen LogP contribution in [-0.4, -0.2) is 19.9 Å². The third-order valence-electron chi connectivity index (χ3n) is 2.80. The minimum Gasteiger partial charge on any atom is -0.249 e. The molecule has 8 heteroatoms. The Morgan fingerprint density at radius 2 is 2.29 bits per heavy atom. The molecule has 0 spiro atoms. The van der Waals surface area contributed by atoms with Gasteiger partial charge in [-0.3, -0.25) is 0 Å². The Hall–Kier alpha value is -1.46. The van der Waals surface area contributed by atoms with Crippen LogP contribution in [0.25, 0.3) is 0 Å². The van der Waals surface area contributed by atoms with E-state index >= 15 is 0 Å². The zero-order valence-corrected chi connectivity index (χ0v) is 13.5. The molecule has 0 amide bonds. The second kappa shape index (κ2) is 6.54. The highest BCUT2D eigenvalue weighted by Crippen LogP contribution is 2.23. The summed E-state index contributed by atoms with van der Waals surface area (Å²) in [5.41, 5.74) is 0.315. The molecule has 0 aliphatic heterocycles. The van der Waals surface area contributed by atoms with Crippen molar-refractivity contribution in [2.75, 3.05) is 6.54 Å². The average Bonchev–Trinajstić information content (AvgIpc) is 2.98. The number of halogens is 1. The Morgan fingerprint density at radius 3 is 2.86 bits per heavy atom. The molecule has 1 unspecified atom stereocenters. The summed E-state index contributed by atoms with van der Waals surface area (Å²) in [6.45, 7) is 2.12. The topological polar surface area (TPSA) is 82.9 Å². The van der Waals surface area contributed by atoms with Crippen LogP contribution in [0.5, 0.6) is 0 Å². The fourth-order valence-corrected chi connectivity index (χ4v) is 4.04. The van der Waals surface area contributed by atoms with Gasteiger partial charge in [0.15, 0.2) is 0 Å². The number of hydrogen-bond donors (Lipinski definition) is 1. The van der Waals surface area contributed by atoms with Crippen molar-refractivity contribution in [2.24, 2.45) is 0 Å². The zero-order chi connectivity index (χ0) is 15.5. The van der Waals surface area contributed by atoms with Gasteiger partial charge in [0.2, 0.25) is 10.0 Å². The average molecular weight is 342 g/mol. The minimum absolute atomic E-state index is 0.0306. The van der Waals surface area contributed by atoms with Crippen molar-refractivity contribution in [3.05, 3.63) is 45.4 Å². The van der Waals surface area contributed by atoms with Crippen molar-refractivity contribution in [1.29, 1.82) is 5.26 Å². The predicted octanol–water partition coefficient (Wildman–Crippen LogP) is 2.75. The number of nitriles is 1. The summed E-state index contributed by atoms with van der Waals surface area (Å²) in [4.78, 5) is 4.12. The summed E-state index contributed by atoms with van der Waals surface area (Å²) in [6, 6.07) is 5.99. The van der Waals surface area contributed by atoms with Crippen LogP contribution >= 0.6 is 22.9 Å². The van der Waals surface area contributed by atoms with E-state index in [2.05, 4.69) is 9.71 Å². The fraction of sp³-hybridized carbons (Fsp3) is 0.231. The molecule has 0 aliphatic rings. The Morgan fingerprint density at radius 1 is 1.52 bits per heavy atom. The first-order valence-corrected chi connectivity index (χ1v) is 8.77. The monoisotopic (exact) mass is 341 g/mol. The molecule has 2 aromatic rings. The summed E-state index contributed by atoms with van der Waals surface area (Å²) in [7, 11) is -3.72. The Balaban J connectivity index is 2.14. The van der Waals surface area contributed by atoms with Gasteiger partial charge in [0.05, 0.1) is 21.7 Å². The highest BCUT2D eigenvalue weighted by Gasteiger charge is 2.20. The van der Waals surface area contributed by atoms with E-state index in [1.54, 1.807) is 6.20 Å². The third-order valence-corrected chi connectivity index (χ3v) is 5.72. The van der Waals surface area contributed by atoms with E-state index in [-0.39, 0.29) is 22.4 Å². The smallest absolute Gasteiger partial charge is 0.242 e. The van der Waals surface area contributed by atoms with Crippen molar-refractivity contribution in [3.8, 4) is 6.07 Å². The summed E-state index contributed by atoms with van der Waals surface area (Å²) in [6.07, 6.45) is 1.68. The molecule has 2 rings (SSSR count). The highest BCUT2D eigenvalue weighted by atomic mass is 35.5. The van der Waals surface area contributed by atoms with Gasteiger partial charge in [0.1, 0.15) is 4.90 Å². The van der Waals surface area contributed by atoms with Gasteiger partial charge in [-0.15, -0.1) is 11.3 Å². The van der Waals surface area contributed by atoms with Gasteiger partial charge in [0.25, 0.3) is 0 Å². The number of nitrogens with one attached hydrogen (secondary N) is 1. The fourth-order valence-electron chi connectivity index (χ4n) is 1.67. The molecule has 0 bridgehead atoms. The number of thiazole rings is 1. The molecule has 1 heterocycles. The van der Waals surface area contributed by atoms with Crippen molar-refractivity contribution in [2.45, 2.75) is 17.7 Å². The van der Waals surface area contributed by atoms with E-state index < -0.39 is 10.0 Å². The van der Waals surface area contributed by atoms with E-state index in [0.717, 1.165) is 5.01 Å². The molecular formula is C13H12ClN3O2S2.